The van der Waals surface area contributed by atoms with E-state index in [4.69, 9.17) is 0 Å². The fraction of sp³-hybridized carbons (Fsp3) is 0.133. The number of anilines is 1. The number of thioether (sulfide) groups is 1. The molecule has 1 amide bonds. The Morgan fingerprint density at radius 3 is 2.45 bits per heavy atom. The Morgan fingerprint density at radius 2 is 1.85 bits per heavy atom. The number of benzene rings is 2. The molecule has 0 bridgehead atoms. The van der Waals surface area contributed by atoms with E-state index in [-0.39, 0.29) is 5.91 Å². The van der Waals surface area contributed by atoms with Gasteiger partial charge >= 0.3 is 0 Å². The van der Waals surface area contributed by atoms with Crippen molar-refractivity contribution in [3.05, 3.63) is 54.1 Å². The molecule has 1 N–H and O–H groups in total. The number of carbonyl (C=O) groups is 1. The molecule has 3 nitrogen and oxygen atoms in total. The van der Waals surface area contributed by atoms with Gasteiger partial charge in [-0.2, -0.15) is 0 Å². The van der Waals surface area contributed by atoms with Gasteiger partial charge in [0.05, 0.1) is 0 Å². The van der Waals surface area contributed by atoms with Crippen molar-refractivity contribution in [1.82, 2.24) is 0 Å². The van der Waals surface area contributed by atoms with E-state index in [1.54, 1.807) is 42.3 Å². The molecule has 0 saturated carbocycles. The van der Waals surface area contributed by atoms with Gasteiger partial charge in [0.1, 0.15) is 0 Å². The Balaban J connectivity index is 2.13. The molecule has 0 radical (unpaired) electrons. The van der Waals surface area contributed by atoms with Gasteiger partial charge in [-0.05, 0) is 48.7 Å². The van der Waals surface area contributed by atoms with Crippen LogP contribution in [0.3, 0.4) is 0 Å². The van der Waals surface area contributed by atoms with Gasteiger partial charge in [-0.25, -0.2) is 0 Å². The van der Waals surface area contributed by atoms with Crippen molar-refractivity contribution in [3.63, 3.8) is 0 Å². The van der Waals surface area contributed by atoms with Crippen LogP contribution in [-0.2, 0) is 10.8 Å². The number of hydrogen-bond donors (Lipinski definition) is 1. The highest BCUT2D eigenvalue weighted by Crippen LogP contribution is 2.19. The number of hydrogen-bond acceptors (Lipinski definition) is 3. The van der Waals surface area contributed by atoms with Crippen LogP contribution in [0.1, 0.15) is 10.4 Å². The molecule has 2 aromatic rings. The molecule has 0 aromatic heterocycles. The summed E-state index contributed by atoms with van der Waals surface area (Å²) in [7, 11) is -1.03. The fourth-order valence-electron chi connectivity index (χ4n) is 1.70. The Bertz CT molecular complexity index is 639. The number of amides is 1. The molecule has 1 atom stereocenters. The van der Waals surface area contributed by atoms with E-state index < -0.39 is 10.8 Å². The normalized spacial score (nSPS) is 11.9. The third kappa shape index (κ3) is 3.71. The Labute approximate surface area is 125 Å². The third-order valence-corrected chi connectivity index (χ3v) is 4.44. The maximum absolute atomic E-state index is 12.1. The van der Waals surface area contributed by atoms with Crippen LogP contribution < -0.4 is 5.32 Å². The third-order valence-electron chi connectivity index (χ3n) is 2.78. The zero-order valence-corrected chi connectivity index (χ0v) is 12.9. The molecular formula is C15H15NO2S2. The Morgan fingerprint density at radius 1 is 1.15 bits per heavy atom. The molecule has 20 heavy (non-hydrogen) atoms. The maximum Gasteiger partial charge on any atom is 0.255 e. The standard InChI is InChI=1S/C15H15NO2S2/c1-19-13-5-3-4-12(10-13)16-15(17)11-6-8-14(9-7-11)20(2)18/h3-10H,1-2H3,(H,16,17). The van der Waals surface area contributed by atoms with Crippen LogP contribution >= 0.6 is 11.8 Å². The smallest absolute Gasteiger partial charge is 0.255 e. The second-order valence-electron chi connectivity index (χ2n) is 4.16. The molecule has 0 aliphatic rings. The number of nitrogens with one attached hydrogen (secondary N) is 1. The van der Waals surface area contributed by atoms with Crippen molar-refractivity contribution >= 4 is 34.2 Å². The molecule has 0 aliphatic carbocycles. The second kappa shape index (κ2) is 6.72. The van der Waals surface area contributed by atoms with Crippen LogP contribution in [-0.4, -0.2) is 22.6 Å². The molecule has 104 valence electrons. The minimum atomic E-state index is -1.03. The van der Waals surface area contributed by atoms with E-state index in [9.17, 15) is 9.00 Å². The quantitative estimate of drug-likeness (QED) is 0.881. The van der Waals surface area contributed by atoms with E-state index in [0.717, 1.165) is 10.6 Å². The highest BCUT2D eigenvalue weighted by atomic mass is 32.2. The lowest BCUT2D eigenvalue weighted by Gasteiger charge is -2.07. The van der Waals surface area contributed by atoms with Crippen molar-refractivity contribution in [1.29, 1.82) is 0 Å². The van der Waals surface area contributed by atoms with E-state index in [2.05, 4.69) is 5.32 Å². The zero-order valence-electron chi connectivity index (χ0n) is 11.3. The molecule has 5 heteroatoms. The van der Waals surface area contributed by atoms with E-state index in [1.165, 1.54) is 0 Å². The van der Waals surface area contributed by atoms with Crippen LogP contribution in [0.25, 0.3) is 0 Å². The molecule has 0 fully saturated rings. The van der Waals surface area contributed by atoms with Gasteiger partial charge in [0.2, 0.25) is 0 Å². The number of rotatable bonds is 4. The van der Waals surface area contributed by atoms with Crippen LogP contribution in [0.4, 0.5) is 5.69 Å². The van der Waals surface area contributed by atoms with Gasteiger partial charge in [-0.1, -0.05) is 6.07 Å². The van der Waals surface area contributed by atoms with Crippen molar-refractivity contribution in [2.24, 2.45) is 0 Å². The maximum atomic E-state index is 12.1. The van der Waals surface area contributed by atoms with Crippen molar-refractivity contribution in [2.75, 3.05) is 17.8 Å². The summed E-state index contributed by atoms with van der Waals surface area (Å²) in [5, 5.41) is 2.85. The lowest BCUT2D eigenvalue weighted by molar-refractivity contribution is 0.102. The molecule has 0 heterocycles. The first-order valence-electron chi connectivity index (χ1n) is 5.99. The van der Waals surface area contributed by atoms with Gasteiger partial charge < -0.3 is 5.32 Å². The summed E-state index contributed by atoms with van der Waals surface area (Å²) >= 11 is 1.63. The lowest BCUT2D eigenvalue weighted by atomic mass is 10.2. The van der Waals surface area contributed by atoms with Gasteiger partial charge in [0.25, 0.3) is 5.91 Å². The molecule has 2 aromatic carbocycles. The van der Waals surface area contributed by atoms with Gasteiger partial charge in [0.15, 0.2) is 0 Å². The summed E-state index contributed by atoms with van der Waals surface area (Å²) in [5.74, 6) is -0.170. The fourth-order valence-corrected chi connectivity index (χ4v) is 2.68. The van der Waals surface area contributed by atoms with Crippen molar-refractivity contribution < 1.29 is 9.00 Å². The van der Waals surface area contributed by atoms with Crippen LogP contribution in [0, 0.1) is 0 Å². The average molecular weight is 305 g/mol. The lowest BCUT2D eigenvalue weighted by Crippen LogP contribution is -2.11. The summed E-state index contributed by atoms with van der Waals surface area (Å²) < 4.78 is 11.3. The van der Waals surface area contributed by atoms with E-state index in [0.29, 0.717) is 10.5 Å². The molecule has 0 saturated heterocycles. The minimum Gasteiger partial charge on any atom is -0.322 e. The van der Waals surface area contributed by atoms with E-state index in [1.807, 2.05) is 30.5 Å². The van der Waals surface area contributed by atoms with Crippen LogP contribution in [0.5, 0.6) is 0 Å². The summed E-state index contributed by atoms with van der Waals surface area (Å²) in [4.78, 5) is 13.9. The highest BCUT2D eigenvalue weighted by Gasteiger charge is 2.07. The zero-order chi connectivity index (χ0) is 14.5. The molecule has 0 aliphatic heterocycles. The molecule has 1 unspecified atom stereocenters. The Hall–Kier alpha value is -1.59. The van der Waals surface area contributed by atoms with Crippen LogP contribution in [0.2, 0.25) is 0 Å². The monoisotopic (exact) mass is 305 g/mol. The van der Waals surface area contributed by atoms with Gasteiger partial charge in [-0.3, -0.25) is 9.00 Å². The topological polar surface area (TPSA) is 46.2 Å². The molecule has 0 spiro atoms. The summed E-state index contributed by atoms with van der Waals surface area (Å²) in [6, 6.07) is 14.5. The predicted molar refractivity (Wildman–Crippen MR) is 85.0 cm³/mol. The largest absolute Gasteiger partial charge is 0.322 e. The Kier molecular flexibility index (Phi) is 4.98. The van der Waals surface area contributed by atoms with Gasteiger partial charge in [0, 0.05) is 38.1 Å². The number of carbonyl (C=O) groups excluding carboxylic acids is 1. The molecule has 2 rings (SSSR count). The van der Waals surface area contributed by atoms with E-state index >= 15 is 0 Å². The first kappa shape index (κ1) is 14.8. The van der Waals surface area contributed by atoms with Crippen LogP contribution in [0.15, 0.2) is 58.3 Å². The first-order valence-corrected chi connectivity index (χ1v) is 8.77. The van der Waals surface area contributed by atoms with Gasteiger partial charge in [-0.15, -0.1) is 11.8 Å². The summed E-state index contributed by atoms with van der Waals surface area (Å²) in [6.07, 6.45) is 3.60. The summed E-state index contributed by atoms with van der Waals surface area (Å²) in [5.41, 5.74) is 1.32. The second-order valence-corrected chi connectivity index (χ2v) is 6.42. The van der Waals surface area contributed by atoms with Crippen molar-refractivity contribution in [2.45, 2.75) is 9.79 Å². The average Bonchev–Trinajstić information content (AvgIpc) is 2.47. The minimum absolute atomic E-state index is 0.170. The SMILES string of the molecule is CSc1cccc(NC(=O)c2ccc(S(C)=O)cc2)c1. The first-order chi connectivity index (χ1) is 9.60. The predicted octanol–water partition coefficient (Wildman–Crippen LogP) is 3.40. The molecular weight excluding hydrogens is 290 g/mol. The summed E-state index contributed by atoms with van der Waals surface area (Å²) in [6.45, 7) is 0. The van der Waals surface area contributed by atoms with Crippen molar-refractivity contribution in [3.8, 4) is 0 Å². The highest BCUT2D eigenvalue weighted by molar-refractivity contribution is 7.98.